The van der Waals surface area contributed by atoms with E-state index in [2.05, 4.69) is 4.90 Å². The number of hydrogen-bond donors (Lipinski definition) is 0. The first-order chi connectivity index (χ1) is 14.1. The lowest BCUT2D eigenvalue weighted by molar-refractivity contribution is 0.0561. The van der Waals surface area contributed by atoms with E-state index >= 15 is 0 Å². The number of nitrogens with zero attached hydrogens (tertiary/aromatic N) is 2. The molecule has 0 N–H and O–H groups in total. The molecule has 0 radical (unpaired) electrons. The molecular weight excluding hydrogens is 391 g/mol. The van der Waals surface area contributed by atoms with Gasteiger partial charge in [-0.15, -0.1) is 0 Å². The van der Waals surface area contributed by atoms with E-state index < -0.39 is 10.8 Å². The van der Waals surface area contributed by atoms with Crippen LogP contribution in [-0.2, 0) is 16.6 Å². The summed E-state index contributed by atoms with van der Waals surface area (Å²) in [5.41, 5.74) is 0. The second kappa shape index (κ2) is 9.22. The smallest absolute Gasteiger partial charge is 0.289 e. The third-order valence-electron chi connectivity index (χ3n) is 5.88. The van der Waals surface area contributed by atoms with Crippen molar-refractivity contribution in [2.75, 3.05) is 26.2 Å². The normalized spacial score (nSPS) is 20.0. The first-order valence-electron chi connectivity index (χ1n) is 10.4. The molecule has 156 valence electrons. The molecule has 2 aliphatic rings. The molecule has 5 nitrogen and oxygen atoms in total. The van der Waals surface area contributed by atoms with Crippen molar-refractivity contribution in [2.45, 2.75) is 48.8 Å². The number of halogens is 1. The number of piperidine rings is 2. The summed E-state index contributed by atoms with van der Waals surface area (Å²) < 4.78 is 31.1. The van der Waals surface area contributed by atoms with Gasteiger partial charge in [0, 0.05) is 24.0 Å². The van der Waals surface area contributed by atoms with Crippen LogP contribution in [0.2, 0.25) is 0 Å². The molecule has 2 aromatic rings. The number of carbonyl (C=O) groups excluding carboxylic acids is 1. The third-order valence-corrected chi connectivity index (χ3v) is 7.23. The molecule has 0 unspecified atom stereocenters. The molecule has 0 aliphatic carbocycles. The zero-order chi connectivity index (χ0) is 20.2. The number of likely N-dealkylation sites (tertiary alicyclic amines) is 2. The Morgan fingerprint density at radius 1 is 1.00 bits per heavy atom. The Morgan fingerprint density at radius 2 is 1.69 bits per heavy atom. The summed E-state index contributed by atoms with van der Waals surface area (Å²) in [6.45, 7) is 3.87. The number of amides is 1. The maximum atomic E-state index is 13.0. The van der Waals surface area contributed by atoms with Crippen LogP contribution in [0, 0.1) is 5.82 Å². The van der Waals surface area contributed by atoms with E-state index in [4.69, 9.17) is 4.42 Å². The molecule has 0 saturated carbocycles. The highest BCUT2D eigenvalue weighted by Crippen LogP contribution is 2.23. The number of carbonyl (C=O) groups is 1. The van der Waals surface area contributed by atoms with Crippen LogP contribution in [0.5, 0.6) is 0 Å². The molecular formula is C22H27FN2O3S. The van der Waals surface area contributed by atoms with Gasteiger partial charge in [0.15, 0.2) is 5.76 Å². The fourth-order valence-corrected chi connectivity index (χ4v) is 5.26. The lowest BCUT2D eigenvalue weighted by Gasteiger charge is -2.40. The van der Waals surface area contributed by atoms with Gasteiger partial charge in [0.1, 0.15) is 11.6 Å². The predicted octanol–water partition coefficient (Wildman–Crippen LogP) is 3.82. The van der Waals surface area contributed by atoms with Crippen molar-refractivity contribution in [1.82, 2.24) is 9.80 Å². The van der Waals surface area contributed by atoms with E-state index in [1.54, 1.807) is 12.1 Å². The summed E-state index contributed by atoms with van der Waals surface area (Å²) in [4.78, 5) is 17.8. The van der Waals surface area contributed by atoms with Gasteiger partial charge in [-0.2, -0.15) is 0 Å². The Balaban J connectivity index is 1.31. The standard InChI is InChI=1S/C22H27FN2O3S/c23-17-4-7-20(8-5-17)29(27)16-19-6-9-21(28-19)22(26)25-14-10-18(11-15-25)24-12-2-1-3-13-24/h4-9,18H,1-3,10-16H2/t29-/m0/s1. The molecule has 0 spiro atoms. The monoisotopic (exact) mass is 418 g/mol. The minimum Gasteiger partial charge on any atom is -0.455 e. The molecule has 3 heterocycles. The van der Waals surface area contributed by atoms with Gasteiger partial charge in [-0.1, -0.05) is 6.42 Å². The topological polar surface area (TPSA) is 53.8 Å². The molecule has 1 atom stereocenters. The van der Waals surface area contributed by atoms with Gasteiger partial charge >= 0.3 is 0 Å². The van der Waals surface area contributed by atoms with Gasteiger partial charge in [-0.25, -0.2) is 4.39 Å². The van der Waals surface area contributed by atoms with Crippen LogP contribution < -0.4 is 0 Å². The van der Waals surface area contributed by atoms with Crippen LogP contribution in [-0.4, -0.2) is 52.1 Å². The van der Waals surface area contributed by atoms with Crippen LogP contribution >= 0.6 is 0 Å². The molecule has 4 rings (SSSR count). The van der Waals surface area contributed by atoms with Crippen LogP contribution in [0.15, 0.2) is 45.7 Å². The Bertz CT molecular complexity index is 853. The van der Waals surface area contributed by atoms with E-state index in [9.17, 15) is 13.4 Å². The SMILES string of the molecule is O=C(c1ccc(C[S@](=O)c2ccc(F)cc2)o1)N1CCC(N2CCCCC2)CC1. The molecule has 2 fully saturated rings. The second-order valence-corrected chi connectivity index (χ2v) is 9.28. The zero-order valence-corrected chi connectivity index (χ0v) is 17.3. The average molecular weight is 419 g/mol. The molecule has 29 heavy (non-hydrogen) atoms. The number of benzene rings is 1. The largest absolute Gasteiger partial charge is 0.455 e. The van der Waals surface area contributed by atoms with Crippen LogP contribution in [0.25, 0.3) is 0 Å². The second-order valence-electron chi connectivity index (χ2n) is 7.83. The lowest BCUT2D eigenvalue weighted by atomic mass is 10.00. The van der Waals surface area contributed by atoms with Crippen molar-refractivity contribution >= 4 is 16.7 Å². The molecule has 1 aromatic carbocycles. The molecule has 1 aromatic heterocycles. The van der Waals surface area contributed by atoms with E-state index in [0.29, 0.717) is 22.5 Å². The Labute approximate surface area is 173 Å². The van der Waals surface area contributed by atoms with Gasteiger partial charge in [0.25, 0.3) is 5.91 Å². The van der Waals surface area contributed by atoms with Crippen LogP contribution in [0.4, 0.5) is 4.39 Å². The molecule has 1 amide bonds. The van der Waals surface area contributed by atoms with Gasteiger partial charge in [0.2, 0.25) is 0 Å². The highest BCUT2D eigenvalue weighted by atomic mass is 32.2. The summed E-state index contributed by atoms with van der Waals surface area (Å²) in [6, 6.07) is 9.55. The van der Waals surface area contributed by atoms with E-state index in [-0.39, 0.29) is 17.5 Å². The van der Waals surface area contributed by atoms with Crippen molar-refractivity contribution < 1.29 is 17.8 Å². The van der Waals surface area contributed by atoms with Gasteiger partial charge in [-0.05, 0) is 75.2 Å². The number of furan rings is 1. The van der Waals surface area contributed by atoms with E-state index in [1.165, 1.54) is 56.6 Å². The minimum atomic E-state index is -1.35. The third kappa shape index (κ3) is 4.95. The van der Waals surface area contributed by atoms with E-state index in [1.807, 2.05) is 4.90 Å². The van der Waals surface area contributed by atoms with Crippen molar-refractivity contribution in [3.05, 3.63) is 53.7 Å². The summed E-state index contributed by atoms with van der Waals surface area (Å²) in [5, 5.41) is 0. The quantitative estimate of drug-likeness (QED) is 0.741. The van der Waals surface area contributed by atoms with Crippen molar-refractivity contribution in [2.24, 2.45) is 0 Å². The molecule has 0 bridgehead atoms. The summed E-state index contributed by atoms with van der Waals surface area (Å²) in [7, 11) is -1.35. The summed E-state index contributed by atoms with van der Waals surface area (Å²) >= 11 is 0. The Morgan fingerprint density at radius 3 is 2.38 bits per heavy atom. The highest BCUT2D eigenvalue weighted by Gasteiger charge is 2.29. The Hall–Kier alpha value is -1.99. The Kier molecular flexibility index (Phi) is 6.45. The zero-order valence-electron chi connectivity index (χ0n) is 16.5. The van der Waals surface area contributed by atoms with Gasteiger partial charge in [0.05, 0.1) is 16.6 Å². The summed E-state index contributed by atoms with van der Waals surface area (Å²) in [6.07, 6.45) is 5.92. The predicted molar refractivity (Wildman–Crippen MR) is 110 cm³/mol. The molecule has 2 saturated heterocycles. The number of rotatable bonds is 5. The van der Waals surface area contributed by atoms with Crippen molar-refractivity contribution in [1.29, 1.82) is 0 Å². The van der Waals surface area contributed by atoms with Crippen LogP contribution in [0.3, 0.4) is 0 Å². The molecule has 7 heteroatoms. The minimum absolute atomic E-state index is 0.0964. The first-order valence-corrected chi connectivity index (χ1v) is 11.7. The van der Waals surface area contributed by atoms with Crippen molar-refractivity contribution in [3.63, 3.8) is 0 Å². The number of hydrogen-bond acceptors (Lipinski definition) is 4. The first kappa shape index (κ1) is 20.3. The lowest BCUT2D eigenvalue weighted by Crippen LogP contribution is -2.48. The van der Waals surface area contributed by atoms with Crippen molar-refractivity contribution in [3.8, 4) is 0 Å². The molecule has 2 aliphatic heterocycles. The fraction of sp³-hybridized carbons (Fsp3) is 0.500. The maximum Gasteiger partial charge on any atom is 0.289 e. The average Bonchev–Trinajstić information content (AvgIpc) is 3.23. The highest BCUT2D eigenvalue weighted by molar-refractivity contribution is 7.84. The fourth-order valence-electron chi connectivity index (χ4n) is 4.24. The maximum absolute atomic E-state index is 13.0. The van der Waals surface area contributed by atoms with Crippen LogP contribution in [0.1, 0.15) is 48.4 Å². The van der Waals surface area contributed by atoms with E-state index in [0.717, 1.165) is 25.9 Å². The van der Waals surface area contributed by atoms with Gasteiger partial charge in [-0.3, -0.25) is 9.00 Å². The van der Waals surface area contributed by atoms with Gasteiger partial charge < -0.3 is 14.2 Å². The summed E-state index contributed by atoms with van der Waals surface area (Å²) in [5.74, 6) is 0.504.